The molecule has 94 valence electrons. The Kier molecular flexibility index (Phi) is 3.21. The van der Waals surface area contributed by atoms with Crippen LogP contribution in [0.15, 0.2) is 36.5 Å². The first-order chi connectivity index (χ1) is 8.84. The molecule has 4 nitrogen and oxygen atoms in total. The summed E-state index contributed by atoms with van der Waals surface area (Å²) >= 11 is 6.29. The summed E-state index contributed by atoms with van der Waals surface area (Å²) in [6.45, 7) is 1.01. The number of para-hydroxylation sites is 1. The summed E-state index contributed by atoms with van der Waals surface area (Å²) < 4.78 is 7.49. The smallest absolute Gasteiger partial charge is 0.184 e. The molecule has 0 spiro atoms. The van der Waals surface area contributed by atoms with E-state index in [0.29, 0.717) is 10.9 Å². The third kappa shape index (κ3) is 2.21. The normalized spacial score (nSPS) is 19.1. The van der Waals surface area contributed by atoms with Gasteiger partial charge in [0.15, 0.2) is 10.9 Å². The molecule has 3 rings (SSSR count). The van der Waals surface area contributed by atoms with Gasteiger partial charge in [0.25, 0.3) is 0 Å². The summed E-state index contributed by atoms with van der Waals surface area (Å²) in [7, 11) is 0. The first-order valence-corrected chi connectivity index (χ1v) is 6.42. The van der Waals surface area contributed by atoms with Crippen molar-refractivity contribution >= 4 is 11.6 Å². The van der Waals surface area contributed by atoms with Gasteiger partial charge in [0.05, 0.1) is 6.20 Å². The highest BCUT2D eigenvalue weighted by Gasteiger charge is 2.21. The van der Waals surface area contributed by atoms with E-state index in [-0.39, 0.29) is 6.17 Å². The average Bonchev–Trinajstić information content (AvgIpc) is 3.02. The van der Waals surface area contributed by atoms with Gasteiger partial charge in [0.1, 0.15) is 11.9 Å². The SMILES string of the molecule is Clc1c(Oc2ccccc2)cnn1C1CCCN1. The Labute approximate surface area is 111 Å². The maximum atomic E-state index is 6.29. The van der Waals surface area contributed by atoms with Gasteiger partial charge in [0, 0.05) is 0 Å². The van der Waals surface area contributed by atoms with Gasteiger partial charge in [0.2, 0.25) is 0 Å². The number of ether oxygens (including phenoxy) is 1. The Hall–Kier alpha value is -1.52. The zero-order valence-electron chi connectivity index (χ0n) is 9.84. The molecule has 1 aromatic carbocycles. The van der Waals surface area contributed by atoms with Crippen LogP contribution in [0.5, 0.6) is 11.5 Å². The van der Waals surface area contributed by atoms with Crippen molar-refractivity contribution in [1.29, 1.82) is 0 Å². The first kappa shape index (κ1) is 11.6. The predicted molar refractivity (Wildman–Crippen MR) is 70.0 cm³/mol. The number of rotatable bonds is 3. The maximum Gasteiger partial charge on any atom is 0.184 e. The molecule has 18 heavy (non-hydrogen) atoms. The predicted octanol–water partition coefficient (Wildman–Crippen LogP) is 3.21. The summed E-state index contributed by atoms with van der Waals surface area (Å²) in [5.41, 5.74) is 0. The van der Waals surface area contributed by atoms with Crippen LogP contribution in [0.2, 0.25) is 5.15 Å². The number of nitrogens with zero attached hydrogens (tertiary/aromatic N) is 2. The molecule has 2 aromatic rings. The van der Waals surface area contributed by atoms with Gasteiger partial charge in [-0.05, 0) is 31.5 Å². The van der Waals surface area contributed by atoms with Crippen molar-refractivity contribution in [2.24, 2.45) is 0 Å². The average molecular weight is 264 g/mol. The van der Waals surface area contributed by atoms with Crippen molar-refractivity contribution in [1.82, 2.24) is 15.1 Å². The first-order valence-electron chi connectivity index (χ1n) is 6.04. The van der Waals surface area contributed by atoms with Gasteiger partial charge in [-0.15, -0.1) is 0 Å². The van der Waals surface area contributed by atoms with E-state index in [1.165, 1.54) is 0 Å². The number of benzene rings is 1. The number of hydrogen-bond acceptors (Lipinski definition) is 3. The van der Waals surface area contributed by atoms with Gasteiger partial charge >= 0.3 is 0 Å². The lowest BCUT2D eigenvalue weighted by Gasteiger charge is -2.11. The maximum absolute atomic E-state index is 6.29. The Bertz CT molecular complexity index is 520. The van der Waals surface area contributed by atoms with Crippen molar-refractivity contribution in [2.45, 2.75) is 19.0 Å². The van der Waals surface area contributed by atoms with E-state index in [0.717, 1.165) is 25.1 Å². The molecule has 5 heteroatoms. The van der Waals surface area contributed by atoms with Crippen molar-refractivity contribution in [2.75, 3.05) is 6.54 Å². The van der Waals surface area contributed by atoms with Crippen LogP contribution in [0.4, 0.5) is 0 Å². The Balaban J connectivity index is 1.81. The van der Waals surface area contributed by atoms with E-state index >= 15 is 0 Å². The molecule has 1 atom stereocenters. The van der Waals surface area contributed by atoms with Crippen LogP contribution >= 0.6 is 11.6 Å². The van der Waals surface area contributed by atoms with Gasteiger partial charge in [-0.25, -0.2) is 4.68 Å². The van der Waals surface area contributed by atoms with Crippen LogP contribution in [-0.4, -0.2) is 16.3 Å². The highest BCUT2D eigenvalue weighted by Crippen LogP contribution is 2.32. The Morgan fingerprint density at radius 2 is 2.17 bits per heavy atom. The fourth-order valence-corrected chi connectivity index (χ4v) is 2.36. The number of aromatic nitrogens is 2. The largest absolute Gasteiger partial charge is 0.452 e. The number of halogens is 1. The molecule has 1 unspecified atom stereocenters. The second-order valence-corrected chi connectivity index (χ2v) is 4.63. The number of hydrogen-bond donors (Lipinski definition) is 1. The minimum absolute atomic E-state index is 0.186. The van der Waals surface area contributed by atoms with Crippen LogP contribution in [0.25, 0.3) is 0 Å². The summed E-state index contributed by atoms with van der Waals surface area (Å²) in [5.74, 6) is 1.36. The standard InChI is InChI=1S/C13H14ClN3O/c14-13-11(18-10-5-2-1-3-6-10)9-16-17(13)12-7-4-8-15-12/h1-3,5-6,9,12,15H,4,7-8H2. The van der Waals surface area contributed by atoms with E-state index in [1.54, 1.807) is 10.9 Å². The molecule has 1 saturated heterocycles. The summed E-state index contributed by atoms with van der Waals surface area (Å²) in [6.07, 6.45) is 4.04. The van der Waals surface area contributed by atoms with Gasteiger partial charge in [-0.2, -0.15) is 5.10 Å². The van der Waals surface area contributed by atoms with Crippen molar-refractivity contribution < 1.29 is 4.74 Å². The van der Waals surface area contributed by atoms with Gasteiger partial charge in [-0.3, -0.25) is 5.32 Å². The molecular weight excluding hydrogens is 250 g/mol. The molecule has 1 N–H and O–H groups in total. The van der Waals surface area contributed by atoms with Crippen LogP contribution in [0.1, 0.15) is 19.0 Å². The third-order valence-electron chi connectivity index (χ3n) is 3.00. The van der Waals surface area contributed by atoms with Gasteiger partial charge < -0.3 is 4.74 Å². The molecule has 1 fully saturated rings. The van der Waals surface area contributed by atoms with Crippen molar-refractivity contribution in [3.8, 4) is 11.5 Å². The Morgan fingerprint density at radius 3 is 2.89 bits per heavy atom. The zero-order chi connectivity index (χ0) is 12.4. The zero-order valence-corrected chi connectivity index (χ0v) is 10.6. The lowest BCUT2D eigenvalue weighted by molar-refractivity contribution is 0.421. The fraction of sp³-hybridized carbons (Fsp3) is 0.308. The second kappa shape index (κ2) is 5.00. The van der Waals surface area contributed by atoms with Crippen molar-refractivity contribution in [3.05, 3.63) is 41.7 Å². The minimum atomic E-state index is 0.186. The summed E-state index contributed by atoms with van der Waals surface area (Å²) in [6, 6.07) is 9.57. The van der Waals surface area contributed by atoms with Crippen LogP contribution in [0, 0.1) is 0 Å². The van der Waals surface area contributed by atoms with E-state index in [1.807, 2.05) is 30.3 Å². The lowest BCUT2D eigenvalue weighted by atomic mass is 10.3. The molecule has 0 saturated carbocycles. The molecular formula is C13H14ClN3O. The monoisotopic (exact) mass is 263 g/mol. The molecule has 0 amide bonds. The summed E-state index contributed by atoms with van der Waals surface area (Å²) in [4.78, 5) is 0. The quantitative estimate of drug-likeness (QED) is 0.924. The topological polar surface area (TPSA) is 39.1 Å². The van der Waals surface area contributed by atoms with E-state index in [9.17, 15) is 0 Å². The minimum Gasteiger partial charge on any atom is -0.452 e. The highest BCUT2D eigenvalue weighted by molar-refractivity contribution is 6.31. The lowest BCUT2D eigenvalue weighted by Crippen LogP contribution is -2.20. The molecule has 0 aliphatic carbocycles. The van der Waals surface area contributed by atoms with Crippen LogP contribution in [-0.2, 0) is 0 Å². The fourth-order valence-electron chi connectivity index (χ4n) is 2.11. The summed E-state index contributed by atoms with van der Waals surface area (Å²) in [5, 5.41) is 8.18. The molecule has 0 bridgehead atoms. The molecule has 2 heterocycles. The molecule has 1 aliphatic rings. The van der Waals surface area contributed by atoms with E-state index < -0.39 is 0 Å². The Morgan fingerprint density at radius 1 is 1.33 bits per heavy atom. The van der Waals surface area contributed by atoms with Crippen LogP contribution in [0.3, 0.4) is 0 Å². The van der Waals surface area contributed by atoms with Crippen molar-refractivity contribution in [3.63, 3.8) is 0 Å². The molecule has 0 radical (unpaired) electrons. The van der Waals surface area contributed by atoms with E-state index in [4.69, 9.17) is 16.3 Å². The number of nitrogens with one attached hydrogen (secondary N) is 1. The van der Waals surface area contributed by atoms with E-state index in [2.05, 4.69) is 10.4 Å². The molecule has 1 aromatic heterocycles. The van der Waals surface area contributed by atoms with Gasteiger partial charge in [-0.1, -0.05) is 29.8 Å². The third-order valence-corrected chi connectivity index (χ3v) is 3.36. The second-order valence-electron chi connectivity index (χ2n) is 4.27. The van der Waals surface area contributed by atoms with Crippen LogP contribution < -0.4 is 10.1 Å². The molecule has 1 aliphatic heterocycles. The highest BCUT2D eigenvalue weighted by atomic mass is 35.5.